The number of imidazole rings is 1. The van der Waals surface area contributed by atoms with E-state index in [1.165, 1.54) is 0 Å². The minimum Gasteiger partial charge on any atom is -0.441 e. The summed E-state index contributed by atoms with van der Waals surface area (Å²) in [7, 11) is 0. The van der Waals surface area contributed by atoms with E-state index in [0.717, 1.165) is 42.3 Å². The second-order valence-electron chi connectivity index (χ2n) is 9.12. The molecule has 3 aromatic rings. The number of carbonyl (C=O) groups is 1. The molecule has 32 heavy (non-hydrogen) atoms. The molecule has 1 aliphatic carbocycles. The third kappa shape index (κ3) is 4.06. The largest absolute Gasteiger partial charge is 0.441 e. The van der Waals surface area contributed by atoms with Crippen LogP contribution in [-0.2, 0) is 22.6 Å². The van der Waals surface area contributed by atoms with E-state index in [0.29, 0.717) is 31.9 Å². The Hall–Kier alpha value is -3.37. The van der Waals surface area contributed by atoms with Crippen molar-refractivity contribution in [2.24, 2.45) is 5.41 Å². The normalized spacial score (nSPS) is 24.9. The van der Waals surface area contributed by atoms with Crippen LogP contribution in [0.15, 0.2) is 54.9 Å². The van der Waals surface area contributed by atoms with Crippen LogP contribution in [0.25, 0.3) is 11.0 Å². The van der Waals surface area contributed by atoms with Crippen LogP contribution in [0.2, 0.25) is 0 Å². The Morgan fingerprint density at radius 1 is 1.22 bits per heavy atom. The van der Waals surface area contributed by atoms with Crippen molar-refractivity contribution < 1.29 is 14.3 Å². The van der Waals surface area contributed by atoms with E-state index in [-0.39, 0.29) is 11.5 Å². The lowest BCUT2D eigenvalue weighted by Crippen LogP contribution is -2.47. The second kappa shape index (κ2) is 8.29. The van der Waals surface area contributed by atoms with E-state index in [4.69, 9.17) is 9.47 Å². The van der Waals surface area contributed by atoms with Gasteiger partial charge >= 0.3 is 6.09 Å². The lowest BCUT2D eigenvalue weighted by Gasteiger charge is -2.44. The zero-order valence-corrected chi connectivity index (χ0v) is 17.9. The maximum Gasteiger partial charge on any atom is 0.407 e. The van der Waals surface area contributed by atoms with Crippen molar-refractivity contribution in [3.63, 3.8) is 0 Å². The van der Waals surface area contributed by atoms with Gasteiger partial charge in [-0.2, -0.15) is 5.26 Å². The van der Waals surface area contributed by atoms with Gasteiger partial charge in [0.15, 0.2) is 0 Å². The number of fused-ring (bicyclic) bond motifs is 1. The van der Waals surface area contributed by atoms with Gasteiger partial charge in [0, 0.05) is 12.0 Å². The number of benzene rings is 2. The van der Waals surface area contributed by atoms with Crippen LogP contribution in [0, 0.1) is 16.7 Å². The van der Waals surface area contributed by atoms with Gasteiger partial charge in [-0.1, -0.05) is 30.3 Å². The second-order valence-corrected chi connectivity index (χ2v) is 9.12. The van der Waals surface area contributed by atoms with Crippen molar-refractivity contribution in [3.05, 3.63) is 66.0 Å². The summed E-state index contributed by atoms with van der Waals surface area (Å²) in [5.41, 5.74) is 2.85. The van der Waals surface area contributed by atoms with E-state index in [1.54, 1.807) is 6.07 Å². The number of hydrogen-bond acceptors (Lipinski definition) is 5. The van der Waals surface area contributed by atoms with Crippen molar-refractivity contribution in [1.29, 1.82) is 5.26 Å². The molecule has 2 aromatic carbocycles. The molecule has 1 amide bonds. The summed E-state index contributed by atoms with van der Waals surface area (Å²) in [6, 6.07) is 17.9. The highest BCUT2D eigenvalue weighted by Crippen LogP contribution is 2.46. The lowest BCUT2D eigenvalue weighted by atomic mass is 9.67. The van der Waals surface area contributed by atoms with Crippen molar-refractivity contribution >= 4 is 17.1 Å². The fourth-order valence-corrected chi connectivity index (χ4v) is 5.26. The van der Waals surface area contributed by atoms with Gasteiger partial charge in [-0.05, 0) is 49.4 Å². The Balaban J connectivity index is 1.43. The summed E-state index contributed by atoms with van der Waals surface area (Å²) in [4.78, 5) is 16.4. The average Bonchev–Trinajstić information content (AvgIpc) is 3.36. The molecule has 1 saturated carbocycles. The fourth-order valence-electron chi connectivity index (χ4n) is 5.26. The quantitative estimate of drug-likeness (QED) is 0.634. The van der Waals surface area contributed by atoms with Crippen LogP contribution in [0.3, 0.4) is 0 Å². The molecule has 1 saturated heterocycles. The first-order chi connectivity index (χ1) is 15.6. The van der Waals surface area contributed by atoms with Crippen molar-refractivity contribution in [2.75, 3.05) is 13.2 Å². The molecule has 7 nitrogen and oxygen atoms in total. The van der Waals surface area contributed by atoms with Crippen molar-refractivity contribution in [3.8, 4) is 6.07 Å². The Morgan fingerprint density at radius 3 is 2.88 bits per heavy atom. The first-order valence-electron chi connectivity index (χ1n) is 11.0. The molecule has 5 rings (SSSR count). The molecule has 164 valence electrons. The average molecular weight is 431 g/mol. The number of nitrogens with one attached hydrogen (secondary N) is 1. The maximum absolute atomic E-state index is 11.9. The molecular weight excluding hydrogens is 404 g/mol. The summed E-state index contributed by atoms with van der Waals surface area (Å²) in [6.45, 7) is 2.32. The molecule has 0 unspecified atom stereocenters. The number of nitrogens with zero attached hydrogens (tertiary/aromatic N) is 3. The summed E-state index contributed by atoms with van der Waals surface area (Å²) in [6.07, 6.45) is 5.02. The minimum absolute atomic E-state index is 0.213. The molecule has 1 N–H and O–H groups in total. The van der Waals surface area contributed by atoms with Gasteiger partial charge in [0.1, 0.15) is 5.60 Å². The van der Waals surface area contributed by atoms with E-state index in [9.17, 15) is 10.1 Å². The Morgan fingerprint density at radius 2 is 2.09 bits per heavy atom. The highest BCUT2D eigenvalue weighted by Gasteiger charge is 2.50. The van der Waals surface area contributed by atoms with Crippen LogP contribution in [0.1, 0.15) is 36.8 Å². The van der Waals surface area contributed by atoms with E-state index in [1.807, 2.05) is 36.7 Å². The maximum atomic E-state index is 11.9. The Kier molecular flexibility index (Phi) is 5.32. The summed E-state index contributed by atoms with van der Waals surface area (Å²) in [5.74, 6) is 0. The van der Waals surface area contributed by atoms with Gasteiger partial charge in [-0.25, -0.2) is 9.78 Å². The van der Waals surface area contributed by atoms with Crippen LogP contribution in [-0.4, -0.2) is 34.4 Å². The number of alkyl carbamates (subject to hydrolysis) is 1. The van der Waals surface area contributed by atoms with Gasteiger partial charge in [0.25, 0.3) is 0 Å². The molecule has 0 bridgehead atoms. The SMILES string of the molecule is N#Cc1ccc2ncn(C[C@@]3(COCc4ccccc4)CCC[C@@]4(CNC(=O)O4)C3)c2c1. The first kappa shape index (κ1) is 20.5. The Bertz CT molecular complexity index is 1170. The zero-order chi connectivity index (χ0) is 22.0. The third-order valence-electron chi connectivity index (χ3n) is 6.68. The van der Waals surface area contributed by atoms with Crippen molar-refractivity contribution in [2.45, 2.75) is 44.4 Å². The van der Waals surface area contributed by atoms with Gasteiger partial charge in [-0.15, -0.1) is 0 Å². The van der Waals surface area contributed by atoms with E-state index >= 15 is 0 Å². The summed E-state index contributed by atoms with van der Waals surface area (Å²) in [5, 5.41) is 12.2. The minimum atomic E-state index is -0.486. The number of amides is 1. The molecule has 1 spiro atoms. The molecule has 2 fully saturated rings. The third-order valence-corrected chi connectivity index (χ3v) is 6.68. The van der Waals surface area contributed by atoms with Gasteiger partial charge in [0.2, 0.25) is 0 Å². The van der Waals surface area contributed by atoms with Crippen LogP contribution >= 0.6 is 0 Å². The van der Waals surface area contributed by atoms with Gasteiger partial charge in [-0.3, -0.25) is 0 Å². The number of hydrogen-bond donors (Lipinski definition) is 1. The molecule has 1 aromatic heterocycles. The van der Waals surface area contributed by atoms with Gasteiger partial charge < -0.3 is 19.4 Å². The van der Waals surface area contributed by atoms with Crippen LogP contribution in [0.5, 0.6) is 0 Å². The highest BCUT2D eigenvalue weighted by atomic mass is 16.6. The predicted octanol–water partition coefficient (Wildman–Crippen LogP) is 4.16. The van der Waals surface area contributed by atoms with Crippen LogP contribution < -0.4 is 5.32 Å². The smallest absolute Gasteiger partial charge is 0.407 e. The molecule has 0 radical (unpaired) electrons. The topological polar surface area (TPSA) is 89.2 Å². The van der Waals surface area contributed by atoms with Crippen LogP contribution in [0.4, 0.5) is 4.79 Å². The summed E-state index contributed by atoms with van der Waals surface area (Å²) >= 11 is 0. The molecule has 2 aliphatic rings. The molecule has 1 aliphatic heterocycles. The molecule has 2 heterocycles. The Labute approximate surface area is 187 Å². The van der Waals surface area contributed by atoms with E-state index in [2.05, 4.69) is 33.1 Å². The van der Waals surface area contributed by atoms with Gasteiger partial charge in [0.05, 0.1) is 48.8 Å². The number of rotatable bonds is 6. The number of aromatic nitrogens is 2. The zero-order valence-electron chi connectivity index (χ0n) is 17.9. The number of carbonyl (C=O) groups excluding carboxylic acids is 1. The fraction of sp³-hybridized carbons (Fsp3) is 0.400. The van der Waals surface area contributed by atoms with E-state index < -0.39 is 5.60 Å². The van der Waals surface area contributed by atoms with Crippen molar-refractivity contribution in [1.82, 2.24) is 14.9 Å². The summed E-state index contributed by atoms with van der Waals surface area (Å²) < 4.78 is 14.1. The monoisotopic (exact) mass is 430 g/mol. The number of ether oxygens (including phenoxy) is 2. The standard InChI is InChI=1S/C25H26N4O3/c26-12-20-7-8-21-22(11-20)29(18-28-21)16-24(17-31-13-19-5-2-1-3-6-19)9-4-10-25(14-24)15-27-23(30)32-25/h1-3,5-8,11,18H,4,9-10,13-17H2,(H,27,30)/t24-,25+/m1/s1. The predicted molar refractivity (Wildman–Crippen MR) is 119 cm³/mol. The number of nitriles is 1. The first-order valence-corrected chi connectivity index (χ1v) is 11.0. The lowest BCUT2D eigenvalue weighted by molar-refractivity contribution is -0.0727. The highest BCUT2D eigenvalue weighted by molar-refractivity contribution is 5.77. The molecular formula is C25H26N4O3. The molecule has 2 atom stereocenters. The molecule has 7 heteroatoms.